The topological polar surface area (TPSA) is 43.1 Å². The lowest BCUT2D eigenvalue weighted by Gasteiger charge is -1.95. The van der Waals surface area contributed by atoms with E-state index in [4.69, 9.17) is 0 Å². The van der Waals surface area contributed by atoms with Crippen LogP contribution in [-0.2, 0) is 0 Å². The summed E-state index contributed by atoms with van der Waals surface area (Å²) in [7, 11) is 0. The molecule has 0 spiro atoms. The lowest BCUT2D eigenvalue weighted by molar-refractivity contribution is -0.385. The Hall–Kier alpha value is -0.900. The van der Waals surface area contributed by atoms with E-state index in [2.05, 4.69) is 22.9 Å². The van der Waals surface area contributed by atoms with Crippen LogP contribution in [0.5, 0.6) is 0 Å². The number of hydrogen-bond donors (Lipinski definition) is 0. The first-order chi connectivity index (χ1) is 5.11. The van der Waals surface area contributed by atoms with Crippen LogP contribution in [0.25, 0.3) is 0 Å². The van der Waals surface area contributed by atoms with Crippen molar-refractivity contribution in [1.82, 2.24) is 0 Å². The molecule has 0 N–H and O–H groups in total. The normalized spacial score (nSPS) is 9.64. The second-order valence-corrected chi connectivity index (χ2v) is 2.95. The summed E-state index contributed by atoms with van der Waals surface area (Å²) >= 11 is 3.18. The first-order valence-corrected chi connectivity index (χ1v) is 3.66. The van der Waals surface area contributed by atoms with E-state index in [9.17, 15) is 10.1 Å². The van der Waals surface area contributed by atoms with E-state index in [-0.39, 0.29) is 5.69 Å². The fourth-order valence-electron chi connectivity index (χ4n) is 0.732. The molecule has 0 aliphatic carbocycles. The molecule has 4 heteroatoms. The molecule has 0 fully saturated rings. The van der Waals surface area contributed by atoms with E-state index < -0.39 is 4.92 Å². The van der Waals surface area contributed by atoms with E-state index in [1.807, 2.05) is 0 Å². The summed E-state index contributed by atoms with van der Waals surface area (Å²) in [5.74, 6) is 0. The summed E-state index contributed by atoms with van der Waals surface area (Å²) in [4.78, 5) is 9.83. The molecule has 3 nitrogen and oxygen atoms in total. The number of rotatable bonds is 1. The molecule has 0 aliphatic heterocycles. The van der Waals surface area contributed by atoms with Gasteiger partial charge in [0.1, 0.15) is 0 Å². The minimum Gasteiger partial charge on any atom is -0.258 e. The summed E-state index contributed by atoms with van der Waals surface area (Å²) in [6, 6.07) is 4.65. The molecule has 0 unspecified atom stereocenters. The number of nitro benzene ring substituents is 1. The van der Waals surface area contributed by atoms with Gasteiger partial charge in [-0.15, -0.1) is 0 Å². The second kappa shape index (κ2) is 3.00. The van der Waals surface area contributed by atoms with Gasteiger partial charge >= 0.3 is 0 Å². The monoisotopic (exact) mass is 214 g/mol. The largest absolute Gasteiger partial charge is 0.272 e. The van der Waals surface area contributed by atoms with E-state index >= 15 is 0 Å². The van der Waals surface area contributed by atoms with E-state index in [0.29, 0.717) is 5.56 Å². The third-order valence-corrected chi connectivity index (χ3v) is 1.73. The van der Waals surface area contributed by atoms with Gasteiger partial charge in [0.05, 0.1) is 4.92 Å². The minimum absolute atomic E-state index is 0.0493. The Morgan fingerprint density at radius 2 is 2.18 bits per heavy atom. The highest BCUT2D eigenvalue weighted by Crippen LogP contribution is 2.21. The van der Waals surface area contributed by atoms with Crippen LogP contribution in [0.4, 0.5) is 5.69 Å². The molecule has 0 atom stereocenters. The average molecular weight is 215 g/mol. The number of nitrogens with zero attached hydrogens (tertiary/aromatic N) is 1. The fraction of sp³-hybridized carbons (Fsp3) is 0. The zero-order valence-electron chi connectivity index (χ0n) is 5.58. The van der Waals surface area contributed by atoms with Crippen LogP contribution in [0, 0.1) is 17.0 Å². The third kappa shape index (κ3) is 1.77. The summed E-state index contributed by atoms with van der Waals surface area (Å²) in [6.07, 6.45) is 0. The van der Waals surface area contributed by atoms with Crippen molar-refractivity contribution in [2.24, 2.45) is 0 Å². The second-order valence-electron chi connectivity index (χ2n) is 2.03. The maximum Gasteiger partial charge on any atom is 0.272 e. The lowest BCUT2D eigenvalue weighted by Crippen LogP contribution is -1.90. The van der Waals surface area contributed by atoms with Crippen molar-refractivity contribution in [2.75, 3.05) is 0 Å². The molecule has 0 amide bonds. The van der Waals surface area contributed by atoms with Gasteiger partial charge in [0.2, 0.25) is 0 Å². The molecule has 57 valence electrons. The van der Waals surface area contributed by atoms with Crippen LogP contribution in [0.2, 0.25) is 0 Å². The van der Waals surface area contributed by atoms with Gasteiger partial charge in [0, 0.05) is 16.1 Å². The predicted octanol–water partition coefficient (Wildman–Crippen LogP) is 2.54. The standard InChI is InChI=1S/C7H5BrNO2/c1-5-4-6(8)2-3-7(5)9(10)11/h2-4H,1H2. The zero-order chi connectivity index (χ0) is 8.43. The molecule has 1 rings (SSSR count). The number of halogens is 1. The lowest BCUT2D eigenvalue weighted by atomic mass is 10.2. The average Bonchev–Trinajstić information content (AvgIpc) is 1.85. The quantitative estimate of drug-likeness (QED) is 0.533. The number of benzene rings is 1. The molecule has 0 heterocycles. The van der Waals surface area contributed by atoms with Crippen molar-refractivity contribution < 1.29 is 4.92 Å². The van der Waals surface area contributed by atoms with Crippen molar-refractivity contribution in [3.05, 3.63) is 45.3 Å². The Balaban J connectivity index is 3.20. The number of hydrogen-bond acceptors (Lipinski definition) is 2. The predicted molar refractivity (Wildman–Crippen MR) is 45.3 cm³/mol. The molecular formula is C7H5BrNO2. The van der Waals surface area contributed by atoms with Gasteiger partial charge in [-0.05, 0) is 19.1 Å². The Morgan fingerprint density at radius 1 is 1.55 bits per heavy atom. The summed E-state index contributed by atoms with van der Waals surface area (Å²) in [6.45, 7) is 3.53. The van der Waals surface area contributed by atoms with Gasteiger partial charge in [-0.3, -0.25) is 10.1 Å². The van der Waals surface area contributed by atoms with Crippen molar-refractivity contribution in [2.45, 2.75) is 0 Å². The van der Waals surface area contributed by atoms with Crippen LogP contribution in [0.1, 0.15) is 5.56 Å². The first-order valence-electron chi connectivity index (χ1n) is 2.87. The molecule has 1 aromatic rings. The summed E-state index contributed by atoms with van der Waals surface area (Å²) in [5.41, 5.74) is 0.470. The maximum absolute atomic E-state index is 10.3. The SMILES string of the molecule is [CH2]c1cc(Br)ccc1[N+](=O)[O-]. The zero-order valence-corrected chi connectivity index (χ0v) is 7.17. The molecule has 1 radical (unpaired) electrons. The highest BCUT2D eigenvalue weighted by molar-refractivity contribution is 9.10. The summed E-state index contributed by atoms with van der Waals surface area (Å²) in [5, 5.41) is 10.3. The number of nitro groups is 1. The smallest absolute Gasteiger partial charge is 0.258 e. The first kappa shape index (κ1) is 8.20. The van der Waals surface area contributed by atoms with Crippen LogP contribution < -0.4 is 0 Å². The maximum atomic E-state index is 10.3. The van der Waals surface area contributed by atoms with E-state index in [1.165, 1.54) is 6.07 Å². The van der Waals surface area contributed by atoms with Gasteiger partial charge in [-0.1, -0.05) is 15.9 Å². The molecule has 1 aromatic carbocycles. The van der Waals surface area contributed by atoms with Gasteiger partial charge in [-0.2, -0.15) is 0 Å². The molecule has 0 aliphatic rings. The Kier molecular flexibility index (Phi) is 2.24. The van der Waals surface area contributed by atoms with Crippen LogP contribution >= 0.6 is 15.9 Å². The molecule has 11 heavy (non-hydrogen) atoms. The third-order valence-electron chi connectivity index (χ3n) is 1.24. The van der Waals surface area contributed by atoms with Crippen LogP contribution in [-0.4, -0.2) is 4.92 Å². The van der Waals surface area contributed by atoms with Crippen LogP contribution in [0.15, 0.2) is 22.7 Å². The van der Waals surface area contributed by atoms with E-state index in [0.717, 1.165) is 4.47 Å². The van der Waals surface area contributed by atoms with E-state index in [1.54, 1.807) is 12.1 Å². The van der Waals surface area contributed by atoms with Gasteiger partial charge < -0.3 is 0 Å². The van der Waals surface area contributed by atoms with Crippen LogP contribution in [0.3, 0.4) is 0 Å². The molecule has 0 aromatic heterocycles. The summed E-state index contributed by atoms with van der Waals surface area (Å²) < 4.78 is 0.799. The molecule has 0 saturated heterocycles. The van der Waals surface area contributed by atoms with Crippen molar-refractivity contribution in [3.63, 3.8) is 0 Å². The molecule has 0 bridgehead atoms. The van der Waals surface area contributed by atoms with Gasteiger partial charge in [0.25, 0.3) is 5.69 Å². The Morgan fingerprint density at radius 3 is 2.64 bits per heavy atom. The van der Waals surface area contributed by atoms with Crippen molar-refractivity contribution >= 4 is 21.6 Å². The van der Waals surface area contributed by atoms with Crippen molar-refractivity contribution in [1.29, 1.82) is 0 Å². The Bertz CT molecular complexity index is 298. The van der Waals surface area contributed by atoms with Gasteiger partial charge in [-0.25, -0.2) is 0 Å². The molecular weight excluding hydrogens is 210 g/mol. The van der Waals surface area contributed by atoms with Crippen molar-refractivity contribution in [3.8, 4) is 0 Å². The Labute approximate surface area is 72.3 Å². The minimum atomic E-state index is -0.450. The highest BCUT2D eigenvalue weighted by atomic mass is 79.9. The highest BCUT2D eigenvalue weighted by Gasteiger charge is 2.08. The van der Waals surface area contributed by atoms with Gasteiger partial charge in [0.15, 0.2) is 0 Å². The fourth-order valence-corrected chi connectivity index (χ4v) is 1.14. The molecule has 0 saturated carbocycles.